The van der Waals surface area contributed by atoms with Gasteiger partial charge in [0.1, 0.15) is 12.2 Å². The van der Waals surface area contributed by atoms with Gasteiger partial charge in [-0.15, -0.1) is 0 Å². The normalized spacial score (nSPS) is 15.3. The van der Waals surface area contributed by atoms with Crippen molar-refractivity contribution in [3.8, 4) is 5.88 Å². The minimum Gasteiger partial charge on any atom is -0.471 e. The zero-order chi connectivity index (χ0) is 19.3. The molecule has 4 rings (SSSR count). The molecule has 1 fully saturated rings. The van der Waals surface area contributed by atoms with Crippen molar-refractivity contribution in [1.82, 2.24) is 24.8 Å². The zero-order valence-corrected chi connectivity index (χ0v) is 15.2. The van der Waals surface area contributed by atoms with Crippen LogP contribution in [0.4, 0.5) is 14.5 Å². The molecule has 146 valence electrons. The standard InChI is InChI=1S/C19H20F2N6O/c20-17(21)12-28-19-15-10-14(2-3-16(15)24-13-25-19)27-8-6-26(7-9-27)11-18-22-4-1-5-23-18/h1-5,10,13,17H,6-9,11-12H2. The van der Waals surface area contributed by atoms with Gasteiger partial charge in [0.15, 0.2) is 6.61 Å². The molecule has 2 aromatic heterocycles. The maximum atomic E-state index is 12.5. The minimum absolute atomic E-state index is 0.187. The van der Waals surface area contributed by atoms with E-state index < -0.39 is 13.0 Å². The lowest BCUT2D eigenvalue weighted by Crippen LogP contribution is -2.46. The second kappa shape index (κ2) is 8.39. The lowest BCUT2D eigenvalue weighted by molar-refractivity contribution is 0.0804. The van der Waals surface area contributed by atoms with Crippen LogP contribution in [0.3, 0.4) is 0 Å². The lowest BCUT2D eigenvalue weighted by Gasteiger charge is -2.35. The molecule has 0 amide bonds. The summed E-state index contributed by atoms with van der Waals surface area (Å²) in [6, 6.07) is 7.57. The minimum atomic E-state index is -2.55. The molecule has 0 N–H and O–H groups in total. The van der Waals surface area contributed by atoms with Crippen molar-refractivity contribution in [2.75, 3.05) is 37.7 Å². The van der Waals surface area contributed by atoms with Gasteiger partial charge in [0.2, 0.25) is 5.88 Å². The van der Waals surface area contributed by atoms with E-state index in [1.165, 1.54) is 6.33 Å². The summed E-state index contributed by atoms with van der Waals surface area (Å²) in [5.74, 6) is 1.01. The van der Waals surface area contributed by atoms with Crippen LogP contribution in [0.5, 0.6) is 5.88 Å². The average molecular weight is 386 g/mol. The molecule has 1 aromatic carbocycles. The van der Waals surface area contributed by atoms with Crippen molar-refractivity contribution in [3.05, 3.63) is 48.8 Å². The third-order valence-corrected chi connectivity index (χ3v) is 4.65. The van der Waals surface area contributed by atoms with Gasteiger partial charge in [0.05, 0.1) is 17.4 Å². The Hall–Kier alpha value is -2.94. The fourth-order valence-corrected chi connectivity index (χ4v) is 3.25. The average Bonchev–Trinajstić information content (AvgIpc) is 2.73. The third kappa shape index (κ3) is 4.30. The van der Waals surface area contributed by atoms with Crippen LogP contribution in [0.25, 0.3) is 10.9 Å². The van der Waals surface area contributed by atoms with Crippen molar-refractivity contribution in [2.45, 2.75) is 13.0 Å². The van der Waals surface area contributed by atoms with Gasteiger partial charge < -0.3 is 9.64 Å². The molecule has 7 nitrogen and oxygen atoms in total. The summed E-state index contributed by atoms with van der Waals surface area (Å²) in [5.41, 5.74) is 1.67. The molecular weight excluding hydrogens is 366 g/mol. The van der Waals surface area contributed by atoms with Gasteiger partial charge in [0.25, 0.3) is 6.43 Å². The van der Waals surface area contributed by atoms with E-state index in [1.54, 1.807) is 12.4 Å². The van der Waals surface area contributed by atoms with Crippen molar-refractivity contribution >= 4 is 16.6 Å². The van der Waals surface area contributed by atoms with Crippen LogP contribution in [0.1, 0.15) is 5.82 Å². The second-order valence-corrected chi connectivity index (χ2v) is 6.51. The molecule has 1 aliphatic heterocycles. The van der Waals surface area contributed by atoms with Gasteiger partial charge in [-0.1, -0.05) is 0 Å². The number of fused-ring (bicyclic) bond motifs is 1. The first-order valence-corrected chi connectivity index (χ1v) is 9.08. The number of aromatic nitrogens is 4. The van der Waals surface area contributed by atoms with E-state index in [0.29, 0.717) is 10.9 Å². The van der Waals surface area contributed by atoms with Crippen molar-refractivity contribution < 1.29 is 13.5 Å². The van der Waals surface area contributed by atoms with Gasteiger partial charge in [-0.05, 0) is 24.3 Å². The molecule has 0 aliphatic carbocycles. The molecule has 3 aromatic rings. The molecule has 0 spiro atoms. The molecule has 28 heavy (non-hydrogen) atoms. The number of alkyl halides is 2. The Morgan fingerprint density at radius 1 is 1.00 bits per heavy atom. The Bertz CT molecular complexity index is 919. The van der Waals surface area contributed by atoms with E-state index in [-0.39, 0.29) is 5.88 Å². The quantitative estimate of drug-likeness (QED) is 0.644. The van der Waals surface area contributed by atoms with Crippen LogP contribution in [0.2, 0.25) is 0 Å². The Morgan fingerprint density at radius 2 is 1.79 bits per heavy atom. The first-order chi connectivity index (χ1) is 13.7. The summed E-state index contributed by atoms with van der Waals surface area (Å²) in [6.45, 7) is 3.51. The van der Waals surface area contributed by atoms with Crippen molar-refractivity contribution in [3.63, 3.8) is 0 Å². The number of piperazine rings is 1. The highest BCUT2D eigenvalue weighted by Crippen LogP contribution is 2.27. The van der Waals surface area contributed by atoms with E-state index in [4.69, 9.17) is 4.74 Å². The summed E-state index contributed by atoms with van der Waals surface area (Å²) in [6.07, 6.45) is 2.29. The lowest BCUT2D eigenvalue weighted by atomic mass is 10.2. The summed E-state index contributed by atoms with van der Waals surface area (Å²) in [4.78, 5) is 21.3. The fourth-order valence-electron chi connectivity index (χ4n) is 3.25. The number of rotatable bonds is 6. The Labute approximate surface area is 161 Å². The fraction of sp³-hybridized carbons (Fsp3) is 0.368. The van der Waals surface area contributed by atoms with Crippen LogP contribution in [-0.2, 0) is 6.54 Å². The third-order valence-electron chi connectivity index (χ3n) is 4.65. The van der Waals surface area contributed by atoms with Crippen LogP contribution >= 0.6 is 0 Å². The molecule has 0 atom stereocenters. The molecule has 1 saturated heterocycles. The molecular formula is C19H20F2N6O. The largest absolute Gasteiger partial charge is 0.471 e. The SMILES string of the molecule is FC(F)COc1ncnc2ccc(N3CCN(Cc4ncccn4)CC3)cc12. The van der Waals surface area contributed by atoms with Gasteiger partial charge in [-0.2, -0.15) is 0 Å². The molecule has 1 aliphatic rings. The number of benzene rings is 1. The van der Waals surface area contributed by atoms with E-state index >= 15 is 0 Å². The van der Waals surface area contributed by atoms with Gasteiger partial charge >= 0.3 is 0 Å². The van der Waals surface area contributed by atoms with E-state index in [2.05, 4.69) is 29.7 Å². The number of halogens is 2. The predicted molar refractivity (Wildman–Crippen MR) is 101 cm³/mol. The van der Waals surface area contributed by atoms with Crippen LogP contribution < -0.4 is 9.64 Å². The van der Waals surface area contributed by atoms with Crippen LogP contribution in [-0.4, -0.2) is 64.0 Å². The topological polar surface area (TPSA) is 67.3 Å². The first kappa shape index (κ1) is 18.4. The number of hydrogen-bond donors (Lipinski definition) is 0. The van der Waals surface area contributed by atoms with Crippen molar-refractivity contribution in [1.29, 1.82) is 0 Å². The zero-order valence-electron chi connectivity index (χ0n) is 15.2. The summed E-state index contributed by atoms with van der Waals surface area (Å²) in [7, 11) is 0. The maximum Gasteiger partial charge on any atom is 0.272 e. The van der Waals surface area contributed by atoms with E-state index in [9.17, 15) is 8.78 Å². The number of anilines is 1. The molecule has 0 bridgehead atoms. The van der Waals surface area contributed by atoms with Gasteiger partial charge in [0, 0.05) is 44.3 Å². The molecule has 0 unspecified atom stereocenters. The Kier molecular flexibility index (Phi) is 5.52. The molecule has 3 heterocycles. The Morgan fingerprint density at radius 3 is 2.54 bits per heavy atom. The van der Waals surface area contributed by atoms with E-state index in [1.807, 2.05) is 24.3 Å². The van der Waals surface area contributed by atoms with Crippen LogP contribution in [0, 0.1) is 0 Å². The monoisotopic (exact) mass is 386 g/mol. The molecule has 0 saturated carbocycles. The number of hydrogen-bond acceptors (Lipinski definition) is 7. The smallest absolute Gasteiger partial charge is 0.272 e. The van der Waals surface area contributed by atoms with Crippen LogP contribution in [0.15, 0.2) is 43.0 Å². The first-order valence-electron chi connectivity index (χ1n) is 9.08. The number of nitrogens with zero attached hydrogens (tertiary/aromatic N) is 6. The summed E-state index contributed by atoms with van der Waals surface area (Å²) < 4.78 is 30.2. The highest BCUT2D eigenvalue weighted by molar-refractivity contribution is 5.86. The molecule has 9 heteroatoms. The van der Waals surface area contributed by atoms with Gasteiger partial charge in [-0.25, -0.2) is 28.7 Å². The highest BCUT2D eigenvalue weighted by Gasteiger charge is 2.19. The maximum absolute atomic E-state index is 12.5. The highest BCUT2D eigenvalue weighted by atomic mass is 19.3. The Balaban J connectivity index is 1.45. The molecule has 0 radical (unpaired) electrons. The number of ether oxygens (including phenoxy) is 1. The van der Waals surface area contributed by atoms with E-state index in [0.717, 1.165) is 44.2 Å². The second-order valence-electron chi connectivity index (χ2n) is 6.51. The van der Waals surface area contributed by atoms with Gasteiger partial charge in [-0.3, -0.25) is 4.90 Å². The summed E-state index contributed by atoms with van der Waals surface area (Å²) >= 11 is 0. The van der Waals surface area contributed by atoms with Crippen molar-refractivity contribution in [2.24, 2.45) is 0 Å². The predicted octanol–water partition coefficient (Wildman–Crippen LogP) is 2.39. The summed E-state index contributed by atoms with van der Waals surface area (Å²) in [5, 5.41) is 0.640.